The highest BCUT2D eigenvalue weighted by Crippen LogP contribution is 2.39. The Hall–Kier alpha value is -2.37. The first kappa shape index (κ1) is 18.6. The van der Waals surface area contributed by atoms with E-state index in [0.717, 1.165) is 37.7 Å². The summed E-state index contributed by atoms with van der Waals surface area (Å²) in [7, 11) is 1.70. The summed E-state index contributed by atoms with van der Waals surface area (Å²) in [5.74, 6) is 2.03. The fourth-order valence-corrected chi connectivity index (χ4v) is 6.33. The summed E-state index contributed by atoms with van der Waals surface area (Å²) < 4.78 is 11.3. The lowest BCUT2D eigenvalue weighted by atomic mass is 9.58. The molecule has 6 rings (SSSR count). The molecule has 2 unspecified atom stereocenters. The van der Waals surface area contributed by atoms with E-state index in [1.165, 1.54) is 20.9 Å². The van der Waals surface area contributed by atoms with Crippen LogP contribution >= 0.6 is 0 Å². The smallest absolute Gasteiger partial charge is 0.240 e. The Morgan fingerprint density at radius 1 is 1.00 bits per heavy atom. The molecule has 4 bridgehead atoms. The van der Waals surface area contributed by atoms with Crippen LogP contribution in [-0.4, -0.2) is 45.7 Å². The van der Waals surface area contributed by atoms with Crippen molar-refractivity contribution in [2.75, 3.05) is 39.9 Å². The first-order valence-electron chi connectivity index (χ1n) is 10.6. The van der Waals surface area contributed by atoms with Crippen molar-refractivity contribution in [3.8, 4) is 11.5 Å². The van der Waals surface area contributed by atoms with Gasteiger partial charge in [-0.1, -0.05) is 30.3 Å². The Kier molecular flexibility index (Phi) is 4.23. The van der Waals surface area contributed by atoms with E-state index in [1.807, 2.05) is 19.1 Å². The number of hydrogen-bond donors (Lipinski definition) is 2. The molecule has 2 aromatic rings. The molecule has 2 atom stereocenters. The summed E-state index contributed by atoms with van der Waals surface area (Å²) in [6, 6.07) is 16.8. The third kappa shape index (κ3) is 2.64. The van der Waals surface area contributed by atoms with E-state index in [9.17, 15) is 4.79 Å². The molecule has 0 aliphatic carbocycles. The molecular formula is C24H30N2O3+2. The Labute approximate surface area is 172 Å². The van der Waals surface area contributed by atoms with Gasteiger partial charge in [0.1, 0.15) is 31.6 Å². The van der Waals surface area contributed by atoms with Gasteiger partial charge in [0.05, 0.1) is 19.3 Å². The molecular weight excluding hydrogens is 364 g/mol. The molecule has 2 aromatic carbocycles. The number of carbonyl (C=O) groups is 1. The first-order chi connectivity index (χ1) is 14.0. The van der Waals surface area contributed by atoms with E-state index < -0.39 is 0 Å². The molecule has 4 heterocycles. The lowest BCUT2D eigenvalue weighted by Crippen LogP contribution is -3.41. The van der Waals surface area contributed by atoms with Gasteiger partial charge in [-0.2, -0.15) is 0 Å². The largest absolute Gasteiger partial charge is 0.493 e. The average Bonchev–Trinajstić information content (AvgIpc) is 2.72. The molecule has 0 aromatic heterocycles. The van der Waals surface area contributed by atoms with Crippen LogP contribution < -0.4 is 19.3 Å². The van der Waals surface area contributed by atoms with Gasteiger partial charge in [-0.3, -0.25) is 14.6 Å². The number of methoxy groups -OCH3 is 1. The highest BCUT2D eigenvalue weighted by atomic mass is 16.5. The number of nitrogens with one attached hydrogen (secondary N) is 2. The maximum atomic E-state index is 13.6. The summed E-state index contributed by atoms with van der Waals surface area (Å²) in [6.45, 7) is 8.34. The van der Waals surface area contributed by atoms with Crippen LogP contribution in [0.1, 0.15) is 31.1 Å². The predicted octanol–water partition coefficient (Wildman–Crippen LogP) is 0.417. The summed E-state index contributed by atoms with van der Waals surface area (Å²) in [6.07, 6.45) is 0.331. The first-order valence-corrected chi connectivity index (χ1v) is 10.6. The highest BCUT2D eigenvalue weighted by Gasteiger charge is 2.70. The van der Waals surface area contributed by atoms with Gasteiger partial charge in [0, 0.05) is 0 Å². The standard InChI is InChI=1S/C24H28N2O3/c1-4-29-19-11-10-17(12-20(19)28-3)21-25-13-23(2)14-26(21)16-24(15-25,22(23)27)18-8-6-5-7-9-18/h5-12,21H,4,13-16H2,1-3H3/p+2. The van der Waals surface area contributed by atoms with Crippen LogP contribution in [0.25, 0.3) is 0 Å². The van der Waals surface area contributed by atoms with Crippen LogP contribution in [0.3, 0.4) is 0 Å². The molecule has 0 amide bonds. The zero-order chi connectivity index (χ0) is 20.2. The second-order valence-corrected chi connectivity index (χ2v) is 9.14. The van der Waals surface area contributed by atoms with Crippen LogP contribution in [0.2, 0.25) is 0 Å². The van der Waals surface area contributed by atoms with Crippen molar-refractivity contribution in [3.05, 3.63) is 59.7 Å². The van der Waals surface area contributed by atoms with Gasteiger partial charge in [-0.25, -0.2) is 0 Å². The molecule has 152 valence electrons. The number of ketones is 1. The zero-order valence-electron chi connectivity index (χ0n) is 17.5. The Morgan fingerprint density at radius 3 is 2.31 bits per heavy atom. The number of ether oxygens (including phenoxy) is 2. The van der Waals surface area contributed by atoms with E-state index in [1.54, 1.807) is 7.11 Å². The third-order valence-electron chi connectivity index (χ3n) is 7.24. The van der Waals surface area contributed by atoms with Gasteiger partial charge < -0.3 is 9.47 Å². The summed E-state index contributed by atoms with van der Waals surface area (Å²) in [4.78, 5) is 16.6. The molecule has 5 heteroatoms. The van der Waals surface area contributed by atoms with Crippen molar-refractivity contribution in [1.29, 1.82) is 0 Å². The second-order valence-electron chi connectivity index (χ2n) is 9.14. The minimum absolute atomic E-state index is 0.247. The Balaban J connectivity index is 1.54. The quantitative estimate of drug-likeness (QED) is 0.773. The van der Waals surface area contributed by atoms with Crippen molar-refractivity contribution < 1.29 is 24.1 Å². The topological polar surface area (TPSA) is 44.4 Å². The van der Waals surface area contributed by atoms with Crippen molar-refractivity contribution in [3.63, 3.8) is 0 Å². The monoisotopic (exact) mass is 394 g/mol. The molecule has 4 aliphatic rings. The van der Waals surface area contributed by atoms with Crippen LogP contribution in [0, 0.1) is 5.41 Å². The van der Waals surface area contributed by atoms with Crippen LogP contribution in [0.5, 0.6) is 11.5 Å². The van der Waals surface area contributed by atoms with Crippen molar-refractivity contribution in [1.82, 2.24) is 0 Å². The normalized spacial score (nSPS) is 35.0. The van der Waals surface area contributed by atoms with E-state index in [-0.39, 0.29) is 10.8 Å². The predicted molar refractivity (Wildman–Crippen MR) is 110 cm³/mol. The van der Waals surface area contributed by atoms with Crippen LogP contribution in [0.4, 0.5) is 0 Å². The number of quaternary nitrogens is 2. The van der Waals surface area contributed by atoms with Crippen molar-refractivity contribution in [2.45, 2.75) is 25.4 Å². The maximum absolute atomic E-state index is 13.6. The molecule has 0 spiro atoms. The van der Waals surface area contributed by atoms with Crippen molar-refractivity contribution >= 4 is 5.78 Å². The number of hydrogen-bond acceptors (Lipinski definition) is 3. The van der Waals surface area contributed by atoms with E-state index >= 15 is 0 Å². The van der Waals surface area contributed by atoms with Crippen LogP contribution in [0.15, 0.2) is 48.5 Å². The molecule has 5 nitrogen and oxygen atoms in total. The van der Waals surface area contributed by atoms with Gasteiger partial charge in [-0.05, 0) is 37.6 Å². The SMILES string of the molecule is CCOc1ccc(C2[NH+]3CC4(C)C[NH+]2CC(c2ccccc2)(C3)C4=O)cc1OC. The number of benzene rings is 2. The molecule has 4 fully saturated rings. The van der Waals surface area contributed by atoms with E-state index in [0.29, 0.717) is 18.6 Å². The molecule has 2 N–H and O–H groups in total. The molecule has 0 radical (unpaired) electrons. The summed E-state index contributed by atoms with van der Waals surface area (Å²) in [5.41, 5.74) is 1.85. The second kappa shape index (κ2) is 6.57. The number of carbonyl (C=O) groups excluding carboxylic acids is 1. The Bertz CT molecular complexity index is 926. The van der Waals surface area contributed by atoms with Crippen molar-refractivity contribution in [2.24, 2.45) is 5.41 Å². The van der Waals surface area contributed by atoms with E-state index in [4.69, 9.17) is 9.47 Å². The van der Waals surface area contributed by atoms with Gasteiger partial charge >= 0.3 is 0 Å². The molecule has 0 saturated carbocycles. The fraction of sp³-hybridized carbons (Fsp3) is 0.458. The number of piperidine rings is 2. The lowest BCUT2D eigenvalue weighted by Gasteiger charge is -2.59. The fourth-order valence-electron chi connectivity index (χ4n) is 6.33. The highest BCUT2D eigenvalue weighted by molar-refractivity contribution is 5.96. The van der Waals surface area contributed by atoms with Gasteiger partial charge in [0.15, 0.2) is 22.7 Å². The minimum Gasteiger partial charge on any atom is -0.493 e. The summed E-state index contributed by atoms with van der Waals surface area (Å²) in [5, 5.41) is 0. The maximum Gasteiger partial charge on any atom is 0.240 e. The number of rotatable bonds is 5. The molecule has 29 heavy (non-hydrogen) atoms. The van der Waals surface area contributed by atoms with Gasteiger partial charge in [-0.15, -0.1) is 0 Å². The van der Waals surface area contributed by atoms with Crippen LogP contribution in [-0.2, 0) is 10.2 Å². The van der Waals surface area contributed by atoms with Gasteiger partial charge in [0.25, 0.3) is 0 Å². The zero-order valence-corrected chi connectivity index (χ0v) is 17.5. The summed E-state index contributed by atoms with van der Waals surface area (Å²) >= 11 is 0. The lowest BCUT2D eigenvalue weighted by molar-refractivity contribution is -1.18. The van der Waals surface area contributed by atoms with E-state index in [2.05, 4.69) is 43.3 Å². The third-order valence-corrected chi connectivity index (χ3v) is 7.24. The Morgan fingerprint density at radius 2 is 1.69 bits per heavy atom. The minimum atomic E-state index is -0.358. The van der Waals surface area contributed by atoms with Gasteiger partial charge in [0.2, 0.25) is 6.17 Å². The molecule has 4 saturated heterocycles. The number of Topliss-reactive ketones (excluding diaryl/α,β-unsaturated/α-hetero) is 1. The average molecular weight is 395 g/mol. The molecule has 4 aliphatic heterocycles.